The summed E-state index contributed by atoms with van der Waals surface area (Å²) in [6, 6.07) is 21.3. The lowest BCUT2D eigenvalue weighted by atomic mass is 9.94. The minimum absolute atomic E-state index is 0.105. The monoisotopic (exact) mass is 468 g/mol. The van der Waals surface area contributed by atoms with Gasteiger partial charge in [-0.25, -0.2) is 4.79 Å². The number of anilines is 1. The fourth-order valence-electron chi connectivity index (χ4n) is 4.38. The van der Waals surface area contributed by atoms with Crippen LogP contribution in [0.2, 0.25) is 0 Å². The molecule has 1 amide bonds. The van der Waals surface area contributed by atoms with Crippen LogP contribution in [0.25, 0.3) is 11.3 Å². The van der Waals surface area contributed by atoms with E-state index < -0.39 is 16.9 Å². The van der Waals surface area contributed by atoms with Gasteiger partial charge in [-0.15, -0.1) is 0 Å². The summed E-state index contributed by atoms with van der Waals surface area (Å²) in [6.07, 6.45) is 0. The Balaban J connectivity index is 1.69. The molecule has 35 heavy (non-hydrogen) atoms. The fraction of sp³-hybridized carbons (Fsp3) is 0.115. The Morgan fingerprint density at radius 1 is 1.06 bits per heavy atom. The van der Waals surface area contributed by atoms with Crippen molar-refractivity contribution in [3.05, 3.63) is 111 Å². The van der Waals surface area contributed by atoms with Gasteiger partial charge >= 0.3 is 5.97 Å². The molecule has 174 valence electrons. The van der Waals surface area contributed by atoms with E-state index in [2.05, 4.69) is 10.2 Å². The van der Waals surface area contributed by atoms with Crippen molar-refractivity contribution < 1.29 is 19.2 Å². The molecule has 1 aromatic heterocycles. The van der Waals surface area contributed by atoms with E-state index >= 15 is 0 Å². The molecule has 4 aromatic rings. The normalized spacial score (nSPS) is 14.6. The number of esters is 1. The van der Waals surface area contributed by atoms with Gasteiger partial charge in [-0.3, -0.25) is 24.9 Å². The first kappa shape index (κ1) is 22.0. The molecule has 0 saturated carbocycles. The van der Waals surface area contributed by atoms with Crippen molar-refractivity contribution in [3.8, 4) is 11.3 Å². The average Bonchev–Trinajstić information content (AvgIpc) is 3.43. The number of hydrogen-bond donors (Lipinski definition) is 1. The minimum atomic E-state index is -0.804. The zero-order valence-corrected chi connectivity index (χ0v) is 18.7. The summed E-state index contributed by atoms with van der Waals surface area (Å²) >= 11 is 0. The van der Waals surface area contributed by atoms with E-state index in [1.54, 1.807) is 49.4 Å². The maximum atomic E-state index is 13.6. The highest BCUT2D eigenvalue weighted by atomic mass is 16.6. The summed E-state index contributed by atoms with van der Waals surface area (Å²) in [7, 11) is 0. The third kappa shape index (κ3) is 3.72. The molecule has 0 fully saturated rings. The number of para-hydroxylation sites is 1. The molecule has 0 bridgehead atoms. The van der Waals surface area contributed by atoms with Gasteiger partial charge in [0.05, 0.1) is 34.4 Å². The lowest BCUT2D eigenvalue weighted by molar-refractivity contribution is -0.385. The van der Waals surface area contributed by atoms with Crippen LogP contribution in [-0.4, -0.2) is 33.6 Å². The van der Waals surface area contributed by atoms with E-state index in [4.69, 9.17) is 4.74 Å². The maximum absolute atomic E-state index is 13.6. The number of nitro groups is 1. The summed E-state index contributed by atoms with van der Waals surface area (Å²) in [5, 5.41) is 19.2. The molecule has 1 N–H and O–H groups in total. The van der Waals surface area contributed by atoms with Gasteiger partial charge in [-0.05, 0) is 37.3 Å². The molecule has 1 aliphatic heterocycles. The second-order valence-electron chi connectivity index (χ2n) is 7.89. The summed E-state index contributed by atoms with van der Waals surface area (Å²) < 4.78 is 5.04. The third-order valence-corrected chi connectivity index (χ3v) is 5.90. The molecule has 0 unspecified atom stereocenters. The molecule has 0 spiro atoms. The van der Waals surface area contributed by atoms with Crippen molar-refractivity contribution in [2.75, 3.05) is 11.5 Å². The number of fused-ring (bicyclic) bond motifs is 1. The van der Waals surface area contributed by atoms with Gasteiger partial charge in [-0.2, -0.15) is 5.10 Å². The van der Waals surface area contributed by atoms with Gasteiger partial charge in [0.2, 0.25) is 0 Å². The van der Waals surface area contributed by atoms with Crippen molar-refractivity contribution in [3.63, 3.8) is 0 Å². The number of carbonyl (C=O) groups is 2. The summed E-state index contributed by atoms with van der Waals surface area (Å²) in [6.45, 7) is 1.97. The van der Waals surface area contributed by atoms with E-state index in [-0.39, 0.29) is 23.9 Å². The molecule has 2 heterocycles. The first-order valence-electron chi connectivity index (χ1n) is 11.0. The van der Waals surface area contributed by atoms with E-state index in [1.807, 2.05) is 30.3 Å². The fourth-order valence-corrected chi connectivity index (χ4v) is 4.38. The largest absolute Gasteiger partial charge is 0.462 e. The molecule has 5 rings (SSSR count). The number of hydrogen-bond acceptors (Lipinski definition) is 6. The number of aromatic nitrogens is 2. The van der Waals surface area contributed by atoms with Gasteiger partial charge in [0.15, 0.2) is 0 Å². The summed E-state index contributed by atoms with van der Waals surface area (Å²) in [5.41, 5.74) is 3.23. The number of H-pyrrole nitrogens is 1. The standard InChI is InChI=1S/C26H20N4O5/c1-2-35-26(32)17-12-14-18(15-13-17)29-24(19-10-6-7-11-20(19)30(33)34)21-22(16-8-4-3-5-9-16)27-28-23(21)25(29)31/h3-15,24H,2H2,1H3,(H,27,28)/t24-/m0/s1. The lowest BCUT2D eigenvalue weighted by Gasteiger charge is -2.26. The quantitative estimate of drug-likeness (QED) is 0.244. The minimum Gasteiger partial charge on any atom is -0.462 e. The zero-order valence-electron chi connectivity index (χ0n) is 18.7. The van der Waals surface area contributed by atoms with E-state index in [1.165, 1.54) is 11.0 Å². The highest BCUT2D eigenvalue weighted by Crippen LogP contribution is 2.47. The van der Waals surface area contributed by atoms with Gasteiger partial charge < -0.3 is 4.74 Å². The second-order valence-corrected chi connectivity index (χ2v) is 7.89. The van der Waals surface area contributed by atoms with Crippen molar-refractivity contribution >= 4 is 23.3 Å². The summed E-state index contributed by atoms with van der Waals surface area (Å²) in [5.74, 6) is -0.843. The molecular weight excluding hydrogens is 448 g/mol. The molecule has 1 atom stereocenters. The Morgan fingerprint density at radius 2 is 1.74 bits per heavy atom. The number of amides is 1. The average molecular weight is 468 g/mol. The highest BCUT2D eigenvalue weighted by molar-refractivity contribution is 6.12. The van der Waals surface area contributed by atoms with Gasteiger partial charge in [0, 0.05) is 22.9 Å². The highest BCUT2D eigenvalue weighted by Gasteiger charge is 2.45. The van der Waals surface area contributed by atoms with Crippen LogP contribution in [0, 0.1) is 10.1 Å². The molecule has 3 aromatic carbocycles. The predicted molar refractivity (Wildman–Crippen MR) is 128 cm³/mol. The van der Waals surface area contributed by atoms with Crippen LogP contribution in [0.1, 0.15) is 44.9 Å². The Morgan fingerprint density at radius 3 is 2.43 bits per heavy atom. The predicted octanol–water partition coefficient (Wildman–Crippen LogP) is 4.91. The van der Waals surface area contributed by atoms with Crippen LogP contribution >= 0.6 is 0 Å². The molecular formula is C26H20N4O5. The Kier molecular flexibility index (Phi) is 5.58. The smallest absolute Gasteiger partial charge is 0.338 e. The number of ether oxygens (including phenoxy) is 1. The van der Waals surface area contributed by atoms with Crippen LogP contribution in [0.3, 0.4) is 0 Å². The van der Waals surface area contributed by atoms with Gasteiger partial charge in [0.25, 0.3) is 11.6 Å². The summed E-state index contributed by atoms with van der Waals surface area (Å²) in [4.78, 5) is 38.7. The first-order chi connectivity index (χ1) is 17.0. The molecule has 9 nitrogen and oxygen atoms in total. The Bertz CT molecular complexity index is 1430. The Hall–Kier alpha value is -4.79. The molecule has 0 radical (unpaired) electrons. The van der Waals surface area contributed by atoms with Crippen molar-refractivity contribution in [2.24, 2.45) is 0 Å². The maximum Gasteiger partial charge on any atom is 0.338 e. The number of rotatable bonds is 6. The van der Waals surface area contributed by atoms with Crippen LogP contribution in [0.4, 0.5) is 11.4 Å². The van der Waals surface area contributed by atoms with E-state index in [9.17, 15) is 19.7 Å². The first-order valence-corrected chi connectivity index (χ1v) is 11.0. The third-order valence-electron chi connectivity index (χ3n) is 5.90. The van der Waals surface area contributed by atoms with Gasteiger partial charge in [-0.1, -0.05) is 42.5 Å². The van der Waals surface area contributed by atoms with Crippen LogP contribution in [-0.2, 0) is 4.74 Å². The molecule has 9 heteroatoms. The number of nitro benzene ring substituents is 1. The number of nitrogens with zero attached hydrogens (tertiary/aromatic N) is 3. The lowest BCUT2D eigenvalue weighted by Crippen LogP contribution is -2.29. The van der Waals surface area contributed by atoms with E-state index in [0.717, 1.165) is 5.56 Å². The van der Waals surface area contributed by atoms with Crippen LogP contribution in [0.5, 0.6) is 0 Å². The van der Waals surface area contributed by atoms with Crippen molar-refractivity contribution in [1.29, 1.82) is 0 Å². The SMILES string of the molecule is CCOC(=O)c1ccc(N2C(=O)c3[nH]nc(-c4ccccc4)c3[C@@H]2c2ccccc2[N+](=O)[O-])cc1. The number of nitrogens with one attached hydrogen (secondary N) is 1. The Labute approximate surface area is 200 Å². The number of carbonyl (C=O) groups excluding carboxylic acids is 2. The van der Waals surface area contributed by atoms with Crippen LogP contribution < -0.4 is 4.90 Å². The molecule has 1 aliphatic rings. The van der Waals surface area contributed by atoms with E-state index in [0.29, 0.717) is 28.1 Å². The van der Waals surface area contributed by atoms with Crippen LogP contribution in [0.15, 0.2) is 78.9 Å². The number of benzene rings is 3. The molecule has 0 saturated heterocycles. The van der Waals surface area contributed by atoms with Crippen molar-refractivity contribution in [1.82, 2.24) is 10.2 Å². The molecule has 0 aliphatic carbocycles. The van der Waals surface area contributed by atoms with Gasteiger partial charge in [0.1, 0.15) is 5.69 Å². The second kappa shape index (κ2) is 8.86. The zero-order chi connectivity index (χ0) is 24.5. The number of aromatic amines is 1. The topological polar surface area (TPSA) is 118 Å². The van der Waals surface area contributed by atoms with Crippen molar-refractivity contribution in [2.45, 2.75) is 13.0 Å².